The van der Waals surface area contributed by atoms with Crippen LogP contribution in [0.4, 0.5) is 0 Å². The number of halogens is 1. The third-order valence-corrected chi connectivity index (χ3v) is 7.40. The molecule has 2 N–H and O–H groups in total. The summed E-state index contributed by atoms with van der Waals surface area (Å²) in [4.78, 5) is 6.72. The van der Waals surface area contributed by atoms with E-state index >= 15 is 0 Å². The first-order valence-electron chi connectivity index (χ1n) is 10.1. The Morgan fingerprint density at radius 3 is 2.53 bits per heavy atom. The standard InChI is InChI=1S/C20H32N4O4S.HI/c1-21-20(22-13-16-7-12-29(25,26)15-16)23-14-19(24-8-10-28-11-9-24)17-3-5-18(27-2)6-4-17;/h3-6,16,19H,7-15H2,1-2H3,(H2,21,22,23);1H. The van der Waals surface area contributed by atoms with Crippen molar-refractivity contribution in [1.82, 2.24) is 15.5 Å². The van der Waals surface area contributed by atoms with Gasteiger partial charge in [0, 0.05) is 33.2 Å². The number of ether oxygens (including phenoxy) is 2. The number of nitrogens with one attached hydrogen (secondary N) is 2. The Morgan fingerprint density at radius 1 is 1.27 bits per heavy atom. The molecule has 8 nitrogen and oxygen atoms in total. The molecule has 0 saturated carbocycles. The molecule has 3 rings (SSSR count). The number of methoxy groups -OCH3 is 1. The highest BCUT2D eigenvalue weighted by Crippen LogP contribution is 2.23. The number of guanidine groups is 1. The summed E-state index contributed by atoms with van der Waals surface area (Å²) in [7, 11) is 0.541. The molecule has 1 aromatic rings. The number of sulfone groups is 1. The summed E-state index contributed by atoms with van der Waals surface area (Å²) in [6, 6.07) is 8.34. The number of benzene rings is 1. The van der Waals surface area contributed by atoms with Crippen molar-refractivity contribution in [1.29, 1.82) is 0 Å². The zero-order chi connectivity index (χ0) is 20.7. The van der Waals surface area contributed by atoms with Gasteiger partial charge in [0.25, 0.3) is 0 Å². The van der Waals surface area contributed by atoms with Crippen LogP contribution in [0.1, 0.15) is 18.0 Å². The number of rotatable bonds is 7. The van der Waals surface area contributed by atoms with Crippen LogP contribution in [0.2, 0.25) is 0 Å². The van der Waals surface area contributed by atoms with E-state index < -0.39 is 9.84 Å². The zero-order valence-electron chi connectivity index (χ0n) is 17.7. The number of nitrogens with zero attached hydrogens (tertiary/aromatic N) is 2. The first-order valence-corrected chi connectivity index (χ1v) is 11.9. The van der Waals surface area contributed by atoms with Gasteiger partial charge in [0.15, 0.2) is 15.8 Å². The maximum atomic E-state index is 11.6. The Kier molecular flexibility index (Phi) is 10.1. The molecule has 1 aromatic carbocycles. The second kappa shape index (κ2) is 12.1. The predicted molar refractivity (Wildman–Crippen MR) is 130 cm³/mol. The summed E-state index contributed by atoms with van der Waals surface area (Å²) in [5, 5.41) is 6.70. The van der Waals surface area contributed by atoms with Crippen molar-refractivity contribution in [2.45, 2.75) is 12.5 Å². The van der Waals surface area contributed by atoms with Crippen molar-refractivity contribution < 1.29 is 17.9 Å². The van der Waals surface area contributed by atoms with Crippen molar-refractivity contribution in [3.05, 3.63) is 29.8 Å². The second-order valence-electron chi connectivity index (χ2n) is 7.54. The lowest BCUT2D eigenvalue weighted by molar-refractivity contribution is 0.0170. The molecule has 0 aliphatic carbocycles. The Hall–Kier alpha value is -1.11. The van der Waals surface area contributed by atoms with Gasteiger partial charge in [-0.25, -0.2) is 8.42 Å². The molecule has 2 aliphatic rings. The lowest BCUT2D eigenvalue weighted by atomic mass is 10.0. The molecule has 2 unspecified atom stereocenters. The molecule has 2 saturated heterocycles. The van der Waals surface area contributed by atoms with Crippen LogP contribution in [-0.2, 0) is 14.6 Å². The number of morpholine rings is 1. The highest BCUT2D eigenvalue weighted by atomic mass is 127. The summed E-state index contributed by atoms with van der Waals surface area (Å²) in [6.45, 7) is 4.53. The molecule has 10 heteroatoms. The van der Waals surface area contributed by atoms with E-state index in [2.05, 4.69) is 32.7 Å². The van der Waals surface area contributed by atoms with Crippen LogP contribution in [0.3, 0.4) is 0 Å². The molecule has 170 valence electrons. The number of aliphatic imine (C=N–C) groups is 1. The predicted octanol–water partition coefficient (Wildman–Crippen LogP) is 1.29. The molecule has 0 aromatic heterocycles. The average Bonchev–Trinajstić information content (AvgIpc) is 3.10. The fraction of sp³-hybridized carbons (Fsp3) is 0.650. The van der Waals surface area contributed by atoms with E-state index in [9.17, 15) is 8.42 Å². The first-order chi connectivity index (χ1) is 14.0. The van der Waals surface area contributed by atoms with E-state index in [4.69, 9.17) is 9.47 Å². The van der Waals surface area contributed by atoms with Crippen LogP contribution in [-0.4, -0.2) is 84.3 Å². The minimum atomic E-state index is -2.86. The number of hydrogen-bond acceptors (Lipinski definition) is 6. The first kappa shape index (κ1) is 25.2. The van der Waals surface area contributed by atoms with Gasteiger partial charge >= 0.3 is 0 Å². The zero-order valence-corrected chi connectivity index (χ0v) is 20.8. The molecular weight excluding hydrogens is 519 g/mol. The van der Waals surface area contributed by atoms with E-state index in [-0.39, 0.29) is 41.7 Å². The van der Waals surface area contributed by atoms with Crippen molar-refractivity contribution >= 4 is 39.8 Å². The molecule has 2 atom stereocenters. The van der Waals surface area contributed by atoms with Crippen molar-refractivity contribution in [2.24, 2.45) is 10.9 Å². The minimum Gasteiger partial charge on any atom is -0.497 e. The van der Waals surface area contributed by atoms with Gasteiger partial charge in [0.05, 0.1) is 37.9 Å². The summed E-state index contributed by atoms with van der Waals surface area (Å²) in [5.41, 5.74) is 1.21. The van der Waals surface area contributed by atoms with Gasteiger partial charge < -0.3 is 20.1 Å². The van der Waals surface area contributed by atoms with Gasteiger partial charge in [-0.1, -0.05) is 12.1 Å². The number of hydrogen-bond donors (Lipinski definition) is 2. The molecular formula is C20H33IN4O4S. The van der Waals surface area contributed by atoms with Crippen LogP contribution in [0.5, 0.6) is 5.75 Å². The molecule has 0 bridgehead atoms. The van der Waals surface area contributed by atoms with Crippen LogP contribution in [0, 0.1) is 5.92 Å². The van der Waals surface area contributed by atoms with Crippen LogP contribution < -0.4 is 15.4 Å². The third-order valence-electron chi connectivity index (χ3n) is 5.56. The molecule has 2 aliphatic heterocycles. The van der Waals surface area contributed by atoms with Crippen molar-refractivity contribution in [3.63, 3.8) is 0 Å². The second-order valence-corrected chi connectivity index (χ2v) is 9.77. The topological polar surface area (TPSA) is 92.3 Å². The average molecular weight is 552 g/mol. The Bertz CT molecular complexity index is 783. The van der Waals surface area contributed by atoms with Crippen LogP contribution in [0.25, 0.3) is 0 Å². The minimum absolute atomic E-state index is 0. The largest absolute Gasteiger partial charge is 0.497 e. The molecule has 0 spiro atoms. The monoisotopic (exact) mass is 552 g/mol. The Labute approximate surface area is 196 Å². The molecule has 2 fully saturated rings. The van der Waals surface area contributed by atoms with E-state index in [1.54, 1.807) is 14.2 Å². The SMILES string of the molecule is CN=C(NCC1CCS(=O)(=O)C1)NCC(c1ccc(OC)cc1)N1CCOCC1.I. The third kappa shape index (κ3) is 7.24. The van der Waals surface area contributed by atoms with Gasteiger partial charge in [0.2, 0.25) is 0 Å². The smallest absolute Gasteiger partial charge is 0.191 e. The van der Waals surface area contributed by atoms with E-state index in [1.807, 2.05) is 12.1 Å². The fourth-order valence-electron chi connectivity index (χ4n) is 3.86. The van der Waals surface area contributed by atoms with E-state index in [1.165, 1.54) is 5.56 Å². The van der Waals surface area contributed by atoms with Crippen LogP contribution in [0.15, 0.2) is 29.3 Å². The highest BCUT2D eigenvalue weighted by molar-refractivity contribution is 14.0. The molecule has 0 radical (unpaired) electrons. The molecule has 2 heterocycles. The summed E-state index contributed by atoms with van der Waals surface area (Å²) in [6.07, 6.45) is 0.717. The van der Waals surface area contributed by atoms with Crippen molar-refractivity contribution in [2.75, 3.05) is 65.1 Å². The van der Waals surface area contributed by atoms with Gasteiger partial charge in [-0.05, 0) is 30.0 Å². The maximum Gasteiger partial charge on any atom is 0.191 e. The summed E-state index contributed by atoms with van der Waals surface area (Å²) in [5.74, 6) is 2.24. The Balaban J connectivity index is 0.00000320. The van der Waals surface area contributed by atoms with Crippen molar-refractivity contribution in [3.8, 4) is 5.75 Å². The van der Waals surface area contributed by atoms with E-state index in [0.717, 1.165) is 32.1 Å². The lowest BCUT2D eigenvalue weighted by Crippen LogP contribution is -2.47. The molecule has 0 amide bonds. The van der Waals surface area contributed by atoms with Gasteiger partial charge in [-0.3, -0.25) is 9.89 Å². The van der Waals surface area contributed by atoms with Gasteiger partial charge in [0.1, 0.15) is 5.75 Å². The quantitative estimate of drug-likeness (QED) is 0.299. The normalized spacial score (nSPS) is 22.7. The fourth-order valence-corrected chi connectivity index (χ4v) is 5.72. The molecule has 30 heavy (non-hydrogen) atoms. The van der Waals surface area contributed by atoms with Crippen LogP contribution >= 0.6 is 24.0 Å². The maximum absolute atomic E-state index is 11.6. The van der Waals surface area contributed by atoms with Gasteiger partial charge in [-0.15, -0.1) is 24.0 Å². The summed E-state index contributed by atoms with van der Waals surface area (Å²) >= 11 is 0. The summed E-state index contributed by atoms with van der Waals surface area (Å²) < 4.78 is 34.1. The Morgan fingerprint density at radius 2 is 1.97 bits per heavy atom. The highest BCUT2D eigenvalue weighted by Gasteiger charge is 2.28. The van der Waals surface area contributed by atoms with Gasteiger partial charge in [-0.2, -0.15) is 0 Å². The lowest BCUT2D eigenvalue weighted by Gasteiger charge is -2.35. The van der Waals surface area contributed by atoms with E-state index in [0.29, 0.717) is 31.2 Å².